The SMILES string of the molecule is CNC1(NS(=O)(=O)c2cc(N3C[C@H](C)O[C@@H](C)C3)c3cnc(-c4nnc(C(F)F)s4)n3c2)CC1. The molecule has 0 spiro atoms. The predicted molar refractivity (Wildman–Crippen MR) is 123 cm³/mol. The smallest absolute Gasteiger partial charge is 0.291 e. The van der Waals surface area contributed by atoms with E-state index in [9.17, 15) is 17.2 Å². The van der Waals surface area contributed by atoms with Crippen LogP contribution in [0.5, 0.6) is 0 Å². The molecule has 0 amide bonds. The second kappa shape index (κ2) is 8.45. The van der Waals surface area contributed by atoms with Gasteiger partial charge < -0.3 is 15.0 Å². The van der Waals surface area contributed by atoms with E-state index in [0.29, 0.717) is 37.1 Å². The van der Waals surface area contributed by atoms with Gasteiger partial charge in [-0.2, -0.15) is 4.72 Å². The Morgan fingerprint density at radius 1 is 1.24 bits per heavy atom. The molecule has 0 aromatic carbocycles. The average molecular weight is 514 g/mol. The Morgan fingerprint density at radius 2 is 1.94 bits per heavy atom. The number of morpholine rings is 1. The highest BCUT2D eigenvalue weighted by atomic mass is 32.2. The third kappa shape index (κ3) is 4.28. The first-order valence-corrected chi connectivity index (χ1v) is 13.2. The van der Waals surface area contributed by atoms with Gasteiger partial charge in [0.15, 0.2) is 15.8 Å². The maximum atomic E-state index is 13.4. The number of fused-ring (bicyclic) bond motifs is 1. The summed E-state index contributed by atoms with van der Waals surface area (Å²) in [5.41, 5.74) is 0.648. The fourth-order valence-corrected chi connectivity index (χ4v) is 6.39. The normalized spacial score (nSPS) is 22.6. The molecule has 1 saturated heterocycles. The molecule has 2 aliphatic rings. The summed E-state index contributed by atoms with van der Waals surface area (Å²) in [5, 5.41) is 10.2. The summed E-state index contributed by atoms with van der Waals surface area (Å²) in [7, 11) is -2.19. The predicted octanol–water partition coefficient (Wildman–Crippen LogP) is 2.39. The molecule has 0 bridgehead atoms. The standard InChI is InChI=1S/C20H25F2N7O3S2/c1-11-8-28(9-12(2)32-11)14-6-13(34(30,31)27-20(23-3)4-5-20)10-29-15(14)7-24-17(29)19-26-25-18(33-19)16(21)22/h6-7,10-12,16,23,27H,4-5,8-9H2,1-3H3/t11-,12-/m0/s1. The van der Waals surface area contributed by atoms with E-state index in [-0.39, 0.29) is 27.9 Å². The first-order valence-electron chi connectivity index (χ1n) is 10.9. The minimum absolute atomic E-state index is 0.0428. The second-order valence-electron chi connectivity index (χ2n) is 8.74. The Hall–Kier alpha value is -2.26. The molecule has 5 rings (SSSR count). The number of hydrogen-bond donors (Lipinski definition) is 2. The maximum absolute atomic E-state index is 13.4. The molecule has 1 aliphatic heterocycles. The number of imidazole rings is 1. The van der Waals surface area contributed by atoms with Crippen LogP contribution in [0.2, 0.25) is 0 Å². The zero-order valence-corrected chi connectivity index (χ0v) is 20.5. The fourth-order valence-electron chi connectivity index (χ4n) is 4.24. The number of halogens is 2. The molecule has 10 nitrogen and oxygen atoms in total. The van der Waals surface area contributed by atoms with Gasteiger partial charge in [-0.15, -0.1) is 10.2 Å². The average Bonchev–Trinajstić information content (AvgIpc) is 3.18. The second-order valence-corrected chi connectivity index (χ2v) is 11.4. The van der Waals surface area contributed by atoms with Crippen molar-refractivity contribution in [1.82, 2.24) is 29.6 Å². The highest BCUT2D eigenvalue weighted by molar-refractivity contribution is 7.89. The molecule has 14 heteroatoms. The van der Waals surface area contributed by atoms with Crippen LogP contribution in [0.3, 0.4) is 0 Å². The summed E-state index contributed by atoms with van der Waals surface area (Å²) in [5.74, 6) is 0.252. The van der Waals surface area contributed by atoms with Gasteiger partial charge in [-0.25, -0.2) is 22.2 Å². The summed E-state index contributed by atoms with van der Waals surface area (Å²) < 4.78 is 63.1. The van der Waals surface area contributed by atoms with Crippen molar-refractivity contribution in [1.29, 1.82) is 0 Å². The van der Waals surface area contributed by atoms with E-state index in [4.69, 9.17) is 4.74 Å². The molecule has 0 radical (unpaired) electrons. The van der Waals surface area contributed by atoms with E-state index in [0.717, 1.165) is 11.3 Å². The van der Waals surface area contributed by atoms with Crippen molar-refractivity contribution in [3.8, 4) is 10.8 Å². The number of sulfonamides is 1. The van der Waals surface area contributed by atoms with Gasteiger partial charge in [-0.3, -0.25) is 4.40 Å². The summed E-state index contributed by atoms with van der Waals surface area (Å²) in [6.07, 6.45) is 1.56. The van der Waals surface area contributed by atoms with Crippen molar-refractivity contribution < 1.29 is 21.9 Å². The summed E-state index contributed by atoms with van der Waals surface area (Å²) in [6.45, 7) is 5.04. The Kier molecular flexibility index (Phi) is 5.83. The van der Waals surface area contributed by atoms with E-state index in [1.807, 2.05) is 13.8 Å². The van der Waals surface area contributed by atoms with Crippen LogP contribution < -0.4 is 14.9 Å². The molecular weight excluding hydrogens is 488 g/mol. The molecule has 2 N–H and O–H groups in total. The van der Waals surface area contributed by atoms with Gasteiger partial charge in [0.05, 0.1) is 35.3 Å². The molecule has 1 saturated carbocycles. The van der Waals surface area contributed by atoms with Crippen LogP contribution >= 0.6 is 11.3 Å². The quantitative estimate of drug-likeness (QED) is 0.463. The van der Waals surface area contributed by atoms with Crippen LogP contribution in [0.25, 0.3) is 16.3 Å². The van der Waals surface area contributed by atoms with E-state index in [1.54, 1.807) is 23.7 Å². The molecule has 4 heterocycles. The molecule has 1 aliphatic carbocycles. The maximum Gasteiger partial charge on any atom is 0.291 e. The molecule has 2 atom stereocenters. The molecule has 184 valence electrons. The molecule has 3 aromatic heterocycles. The van der Waals surface area contributed by atoms with Crippen molar-refractivity contribution in [3.63, 3.8) is 0 Å². The third-order valence-corrected chi connectivity index (χ3v) is 8.47. The summed E-state index contributed by atoms with van der Waals surface area (Å²) in [4.78, 5) is 6.51. The molecule has 3 aromatic rings. The number of ether oxygens (including phenoxy) is 1. The van der Waals surface area contributed by atoms with Crippen LogP contribution in [0.15, 0.2) is 23.4 Å². The van der Waals surface area contributed by atoms with Crippen LogP contribution in [-0.2, 0) is 14.8 Å². The first kappa shape index (κ1) is 23.5. The number of rotatable bonds is 7. The molecule has 34 heavy (non-hydrogen) atoms. The van der Waals surface area contributed by atoms with E-state index < -0.39 is 27.1 Å². The lowest BCUT2D eigenvalue weighted by Gasteiger charge is -2.37. The zero-order valence-electron chi connectivity index (χ0n) is 18.8. The molecular formula is C20H25F2N7O3S2. The highest BCUT2D eigenvalue weighted by Crippen LogP contribution is 2.36. The Bertz CT molecular complexity index is 1310. The van der Waals surface area contributed by atoms with Crippen molar-refractivity contribution >= 4 is 32.6 Å². The van der Waals surface area contributed by atoms with Crippen LogP contribution in [0, 0.1) is 0 Å². The van der Waals surface area contributed by atoms with Crippen LogP contribution in [0.1, 0.15) is 38.1 Å². The third-order valence-electron chi connectivity index (χ3n) is 6.04. The molecule has 0 unspecified atom stereocenters. The lowest BCUT2D eigenvalue weighted by atomic mass is 10.2. The summed E-state index contributed by atoms with van der Waals surface area (Å²) in [6, 6.07) is 1.63. The van der Waals surface area contributed by atoms with E-state index in [1.165, 1.54) is 6.20 Å². The fraction of sp³-hybridized carbons (Fsp3) is 0.550. The van der Waals surface area contributed by atoms with E-state index >= 15 is 0 Å². The number of pyridine rings is 1. The Balaban J connectivity index is 1.66. The first-order chi connectivity index (χ1) is 16.1. The van der Waals surface area contributed by atoms with Crippen molar-refractivity contribution in [2.24, 2.45) is 0 Å². The topological polar surface area (TPSA) is 114 Å². The van der Waals surface area contributed by atoms with Crippen molar-refractivity contribution in [3.05, 3.63) is 23.5 Å². The highest BCUT2D eigenvalue weighted by Gasteiger charge is 2.45. The van der Waals surface area contributed by atoms with Gasteiger partial charge in [-0.05, 0) is 39.8 Å². The monoisotopic (exact) mass is 513 g/mol. The van der Waals surface area contributed by atoms with Gasteiger partial charge >= 0.3 is 0 Å². The number of aromatic nitrogens is 4. The Labute approximate surface area is 199 Å². The molecule has 2 fully saturated rings. The minimum atomic E-state index is -3.90. The Morgan fingerprint density at radius 3 is 2.53 bits per heavy atom. The number of nitrogens with zero attached hydrogens (tertiary/aromatic N) is 5. The summed E-state index contributed by atoms with van der Waals surface area (Å²) >= 11 is 0.729. The number of alkyl halides is 2. The van der Waals surface area contributed by atoms with Crippen LogP contribution in [0.4, 0.5) is 14.5 Å². The lowest BCUT2D eigenvalue weighted by molar-refractivity contribution is -0.00516. The van der Waals surface area contributed by atoms with Gasteiger partial charge in [0.1, 0.15) is 4.90 Å². The number of nitrogens with one attached hydrogen (secondary N) is 2. The zero-order chi connectivity index (χ0) is 24.3. The van der Waals surface area contributed by atoms with Crippen LogP contribution in [-0.4, -0.2) is 66.0 Å². The van der Waals surface area contributed by atoms with Gasteiger partial charge in [-0.1, -0.05) is 11.3 Å². The van der Waals surface area contributed by atoms with Crippen molar-refractivity contribution in [2.45, 2.75) is 55.9 Å². The largest absolute Gasteiger partial charge is 0.372 e. The van der Waals surface area contributed by atoms with Gasteiger partial charge in [0, 0.05) is 19.3 Å². The lowest BCUT2D eigenvalue weighted by Crippen LogP contribution is -2.46. The number of hydrogen-bond acceptors (Lipinski definition) is 9. The van der Waals surface area contributed by atoms with Gasteiger partial charge in [0.25, 0.3) is 6.43 Å². The van der Waals surface area contributed by atoms with E-state index in [2.05, 4.69) is 30.1 Å². The van der Waals surface area contributed by atoms with Gasteiger partial charge in [0.2, 0.25) is 10.0 Å². The van der Waals surface area contributed by atoms with Crippen molar-refractivity contribution in [2.75, 3.05) is 25.0 Å². The number of anilines is 1. The minimum Gasteiger partial charge on any atom is -0.372 e.